The van der Waals surface area contributed by atoms with Gasteiger partial charge >= 0.3 is 0 Å². The van der Waals surface area contributed by atoms with Gasteiger partial charge in [0.2, 0.25) is 0 Å². The molecule has 0 unspecified atom stereocenters. The lowest BCUT2D eigenvalue weighted by Crippen LogP contribution is -2.12. The van der Waals surface area contributed by atoms with Gasteiger partial charge in [-0.15, -0.1) is 0 Å². The molecule has 0 atom stereocenters. The summed E-state index contributed by atoms with van der Waals surface area (Å²) in [4.78, 5) is 12.3. The van der Waals surface area contributed by atoms with Crippen molar-refractivity contribution in [3.63, 3.8) is 0 Å². The molecule has 3 rings (SSSR count). The van der Waals surface area contributed by atoms with Gasteiger partial charge < -0.3 is 14.6 Å². The van der Waals surface area contributed by atoms with E-state index < -0.39 is 0 Å². The van der Waals surface area contributed by atoms with Gasteiger partial charge in [-0.25, -0.2) is 0 Å². The van der Waals surface area contributed by atoms with Crippen LogP contribution in [-0.4, -0.2) is 11.1 Å². The van der Waals surface area contributed by atoms with E-state index in [-0.39, 0.29) is 11.3 Å². The highest BCUT2D eigenvalue weighted by Gasteiger charge is 2.20. The van der Waals surface area contributed by atoms with Crippen LogP contribution in [-0.2, 0) is 5.41 Å². The van der Waals surface area contributed by atoms with E-state index in [0.29, 0.717) is 17.1 Å². The fraction of sp³-hybridized carbons (Fsp3) is 0.200. The second-order valence-corrected chi connectivity index (χ2v) is 6.72. The Morgan fingerprint density at radius 3 is 2.24 bits per heavy atom. The lowest BCUT2D eigenvalue weighted by atomic mass is 9.93. The first-order valence-electron chi connectivity index (χ1n) is 8.03. The molecule has 128 valence electrons. The second-order valence-electron chi connectivity index (χ2n) is 6.72. The van der Waals surface area contributed by atoms with Crippen LogP contribution in [0.4, 0.5) is 5.82 Å². The third kappa shape index (κ3) is 4.26. The molecule has 0 aliphatic rings. The molecule has 1 heterocycles. The van der Waals surface area contributed by atoms with Gasteiger partial charge in [-0.05, 0) is 36.4 Å². The smallest absolute Gasteiger partial charge is 0.256 e. The van der Waals surface area contributed by atoms with E-state index in [9.17, 15) is 4.79 Å². The maximum atomic E-state index is 12.3. The Labute approximate surface area is 146 Å². The monoisotopic (exact) mass is 336 g/mol. The van der Waals surface area contributed by atoms with Crippen molar-refractivity contribution in [1.29, 1.82) is 0 Å². The van der Waals surface area contributed by atoms with Gasteiger partial charge in [0.15, 0.2) is 5.82 Å². The molecule has 1 amide bonds. The molecule has 3 aromatic rings. The first kappa shape index (κ1) is 16.8. The highest BCUT2D eigenvalue weighted by molar-refractivity contribution is 6.03. The fourth-order valence-corrected chi connectivity index (χ4v) is 2.18. The molecule has 0 fully saturated rings. The average molecular weight is 336 g/mol. The van der Waals surface area contributed by atoms with Crippen LogP contribution >= 0.6 is 0 Å². The molecule has 0 bridgehead atoms. The maximum Gasteiger partial charge on any atom is 0.256 e. The van der Waals surface area contributed by atoms with Crippen molar-refractivity contribution >= 4 is 11.7 Å². The number of hydrogen-bond donors (Lipinski definition) is 1. The predicted molar refractivity (Wildman–Crippen MR) is 96.1 cm³/mol. The Hall–Kier alpha value is -3.08. The molecule has 5 nitrogen and oxygen atoms in total. The van der Waals surface area contributed by atoms with E-state index in [4.69, 9.17) is 9.26 Å². The molecule has 2 aromatic carbocycles. The van der Waals surface area contributed by atoms with Crippen molar-refractivity contribution in [1.82, 2.24) is 5.16 Å². The molecule has 1 N–H and O–H groups in total. The summed E-state index contributed by atoms with van der Waals surface area (Å²) >= 11 is 0. The van der Waals surface area contributed by atoms with Crippen LogP contribution in [0.2, 0.25) is 0 Å². The zero-order valence-corrected chi connectivity index (χ0v) is 14.4. The lowest BCUT2D eigenvalue weighted by Gasteiger charge is -2.12. The quantitative estimate of drug-likeness (QED) is 0.727. The molecule has 0 saturated carbocycles. The van der Waals surface area contributed by atoms with Crippen molar-refractivity contribution in [2.24, 2.45) is 0 Å². The number of anilines is 1. The number of nitrogens with zero attached hydrogens (tertiary/aromatic N) is 1. The minimum absolute atomic E-state index is 0.160. The topological polar surface area (TPSA) is 64.4 Å². The SMILES string of the molecule is CC(C)(C)c1cc(NC(=O)c2ccc(Oc3ccccc3)cc2)no1. The zero-order chi connectivity index (χ0) is 17.9. The third-order valence-electron chi connectivity index (χ3n) is 3.59. The molecule has 0 spiro atoms. The molecule has 0 aliphatic carbocycles. The number of aromatic nitrogens is 1. The summed E-state index contributed by atoms with van der Waals surface area (Å²) in [6, 6.07) is 18.1. The van der Waals surface area contributed by atoms with E-state index in [1.54, 1.807) is 30.3 Å². The summed E-state index contributed by atoms with van der Waals surface area (Å²) in [5.74, 6) is 2.28. The number of rotatable bonds is 4. The molecule has 0 radical (unpaired) electrons. The zero-order valence-electron chi connectivity index (χ0n) is 14.4. The van der Waals surface area contributed by atoms with Gasteiger partial charge in [0.05, 0.1) is 0 Å². The first-order chi connectivity index (χ1) is 11.9. The Morgan fingerprint density at radius 1 is 1.00 bits per heavy atom. The summed E-state index contributed by atoms with van der Waals surface area (Å²) in [5, 5.41) is 6.63. The normalized spacial score (nSPS) is 11.2. The third-order valence-corrected chi connectivity index (χ3v) is 3.59. The van der Waals surface area contributed by atoms with Crippen molar-refractivity contribution in [3.05, 3.63) is 72.0 Å². The van der Waals surface area contributed by atoms with Crippen LogP contribution in [0.3, 0.4) is 0 Å². The van der Waals surface area contributed by atoms with Gasteiger partial charge in [0.1, 0.15) is 17.3 Å². The second kappa shape index (κ2) is 6.81. The maximum absolute atomic E-state index is 12.3. The minimum Gasteiger partial charge on any atom is -0.457 e. The number of carbonyl (C=O) groups excluding carboxylic acids is 1. The van der Waals surface area contributed by atoms with Crippen molar-refractivity contribution in [3.8, 4) is 11.5 Å². The van der Waals surface area contributed by atoms with Gasteiger partial charge in [-0.1, -0.05) is 44.1 Å². The molecule has 0 aliphatic heterocycles. The summed E-state index contributed by atoms with van der Waals surface area (Å²) < 4.78 is 11.0. The van der Waals surface area contributed by atoms with Crippen LogP contribution < -0.4 is 10.1 Å². The number of benzene rings is 2. The molecule has 5 heteroatoms. The van der Waals surface area contributed by atoms with Gasteiger partial charge in [-0.3, -0.25) is 4.79 Å². The van der Waals surface area contributed by atoms with Crippen LogP contribution in [0, 0.1) is 0 Å². The highest BCUT2D eigenvalue weighted by atomic mass is 16.5. The van der Waals surface area contributed by atoms with E-state index >= 15 is 0 Å². The largest absolute Gasteiger partial charge is 0.457 e. The van der Waals surface area contributed by atoms with Crippen LogP contribution in [0.15, 0.2) is 65.2 Å². The number of nitrogens with one attached hydrogen (secondary N) is 1. The summed E-state index contributed by atoms with van der Waals surface area (Å²) in [6.45, 7) is 6.06. The Bertz CT molecular complexity index is 847. The highest BCUT2D eigenvalue weighted by Crippen LogP contribution is 2.25. The Morgan fingerprint density at radius 2 is 1.64 bits per heavy atom. The molecular formula is C20H20N2O3. The van der Waals surface area contributed by atoms with Gasteiger partial charge in [-0.2, -0.15) is 0 Å². The summed E-state index contributed by atoms with van der Waals surface area (Å²) in [5.41, 5.74) is 0.354. The predicted octanol–water partition coefficient (Wildman–Crippen LogP) is 5.02. The summed E-state index contributed by atoms with van der Waals surface area (Å²) in [6.07, 6.45) is 0. The Kier molecular flexibility index (Phi) is 4.57. The number of hydrogen-bond acceptors (Lipinski definition) is 4. The first-order valence-corrected chi connectivity index (χ1v) is 8.03. The van der Waals surface area contributed by atoms with E-state index in [1.165, 1.54) is 0 Å². The number of carbonyl (C=O) groups is 1. The van der Waals surface area contributed by atoms with Crippen molar-refractivity contribution < 1.29 is 14.1 Å². The lowest BCUT2D eigenvalue weighted by molar-refractivity contribution is 0.102. The van der Waals surface area contributed by atoms with Crippen molar-refractivity contribution in [2.45, 2.75) is 26.2 Å². The van der Waals surface area contributed by atoms with Gasteiger partial charge in [0.25, 0.3) is 5.91 Å². The number of para-hydroxylation sites is 1. The van der Waals surface area contributed by atoms with Crippen LogP contribution in [0.5, 0.6) is 11.5 Å². The number of ether oxygens (including phenoxy) is 1. The Balaban J connectivity index is 1.65. The fourth-order valence-electron chi connectivity index (χ4n) is 2.18. The van der Waals surface area contributed by atoms with E-state index in [2.05, 4.69) is 10.5 Å². The van der Waals surface area contributed by atoms with Crippen molar-refractivity contribution in [2.75, 3.05) is 5.32 Å². The van der Waals surface area contributed by atoms with E-state index in [0.717, 1.165) is 11.5 Å². The van der Waals surface area contributed by atoms with Crippen LogP contribution in [0.25, 0.3) is 0 Å². The average Bonchev–Trinajstić information content (AvgIpc) is 3.05. The molecular weight excluding hydrogens is 316 g/mol. The van der Waals surface area contributed by atoms with Gasteiger partial charge in [0, 0.05) is 17.0 Å². The number of amides is 1. The van der Waals surface area contributed by atoms with E-state index in [1.807, 2.05) is 51.1 Å². The van der Waals surface area contributed by atoms with Crippen LogP contribution in [0.1, 0.15) is 36.9 Å². The molecule has 1 aromatic heterocycles. The summed E-state index contributed by atoms with van der Waals surface area (Å²) in [7, 11) is 0. The molecule has 0 saturated heterocycles. The minimum atomic E-state index is -0.250. The molecule has 25 heavy (non-hydrogen) atoms. The standard InChI is InChI=1S/C20H20N2O3/c1-20(2,3)17-13-18(22-25-17)21-19(23)14-9-11-16(12-10-14)24-15-7-5-4-6-8-15/h4-13H,1-3H3,(H,21,22,23).